The number of hydrogen-bond acceptors (Lipinski definition) is 4. The second kappa shape index (κ2) is 8.14. The molecular formula is C19H26O4. The Morgan fingerprint density at radius 2 is 1.61 bits per heavy atom. The molecule has 23 heavy (non-hydrogen) atoms. The fourth-order valence-electron chi connectivity index (χ4n) is 3.14. The van der Waals surface area contributed by atoms with Gasteiger partial charge in [0.25, 0.3) is 0 Å². The van der Waals surface area contributed by atoms with Crippen LogP contribution < -0.4 is 0 Å². The van der Waals surface area contributed by atoms with Gasteiger partial charge < -0.3 is 9.47 Å². The van der Waals surface area contributed by atoms with E-state index in [4.69, 9.17) is 9.47 Å². The minimum atomic E-state index is -1.22. The van der Waals surface area contributed by atoms with Crippen LogP contribution in [0, 0.1) is 11.3 Å². The van der Waals surface area contributed by atoms with Crippen LogP contribution in [0.2, 0.25) is 0 Å². The van der Waals surface area contributed by atoms with Crippen molar-refractivity contribution >= 4 is 11.9 Å². The molecule has 1 aromatic carbocycles. The second-order valence-electron chi connectivity index (χ2n) is 6.19. The van der Waals surface area contributed by atoms with Gasteiger partial charge in [0.15, 0.2) is 5.41 Å². The molecule has 0 unspecified atom stereocenters. The molecule has 0 aromatic heterocycles. The number of carbonyl (C=O) groups is 2. The third-order valence-corrected chi connectivity index (χ3v) is 4.54. The van der Waals surface area contributed by atoms with Crippen LogP contribution in [-0.2, 0) is 25.5 Å². The molecule has 126 valence electrons. The van der Waals surface area contributed by atoms with Gasteiger partial charge >= 0.3 is 11.9 Å². The molecule has 1 saturated carbocycles. The minimum absolute atomic E-state index is 0.263. The predicted octanol–water partition coefficient (Wildman–Crippen LogP) is 3.53. The van der Waals surface area contributed by atoms with Crippen molar-refractivity contribution in [2.75, 3.05) is 13.2 Å². The fourth-order valence-corrected chi connectivity index (χ4v) is 3.14. The third-order valence-electron chi connectivity index (χ3n) is 4.54. The van der Waals surface area contributed by atoms with Gasteiger partial charge in [-0.15, -0.1) is 0 Å². The number of esters is 2. The maximum atomic E-state index is 12.7. The van der Waals surface area contributed by atoms with Gasteiger partial charge in [-0.25, -0.2) is 0 Å². The molecular weight excluding hydrogens is 292 g/mol. The van der Waals surface area contributed by atoms with Crippen LogP contribution in [0.1, 0.15) is 45.1 Å². The van der Waals surface area contributed by atoms with Crippen molar-refractivity contribution in [3.8, 4) is 0 Å². The maximum Gasteiger partial charge on any atom is 0.323 e. The van der Waals surface area contributed by atoms with E-state index in [1.165, 1.54) is 0 Å². The Balaban J connectivity index is 2.34. The molecule has 0 heterocycles. The highest BCUT2D eigenvalue weighted by Gasteiger charge is 2.50. The van der Waals surface area contributed by atoms with Crippen molar-refractivity contribution in [2.45, 2.75) is 46.0 Å². The molecule has 0 bridgehead atoms. The van der Waals surface area contributed by atoms with Gasteiger partial charge in [-0.2, -0.15) is 0 Å². The number of carbonyl (C=O) groups excluding carboxylic acids is 2. The van der Waals surface area contributed by atoms with Crippen LogP contribution in [0.25, 0.3) is 0 Å². The summed E-state index contributed by atoms with van der Waals surface area (Å²) in [6.07, 6.45) is 4.14. The Labute approximate surface area is 138 Å². The standard InChI is InChI=1S/C19H26O4/c1-3-22-17(20)19(18(21)23-4-2,14-16-11-8-12-16)13-15-9-6-5-7-10-15/h5-7,9-10,16H,3-4,8,11-14H2,1-2H3. The maximum absolute atomic E-state index is 12.7. The van der Waals surface area contributed by atoms with Gasteiger partial charge in [-0.05, 0) is 38.2 Å². The molecule has 4 heteroatoms. The highest BCUT2D eigenvalue weighted by atomic mass is 16.6. The van der Waals surface area contributed by atoms with E-state index >= 15 is 0 Å². The van der Waals surface area contributed by atoms with Crippen LogP contribution in [-0.4, -0.2) is 25.2 Å². The topological polar surface area (TPSA) is 52.6 Å². The van der Waals surface area contributed by atoms with E-state index in [1.54, 1.807) is 13.8 Å². The second-order valence-corrected chi connectivity index (χ2v) is 6.19. The molecule has 1 aliphatic rings. The molecule has 0 N–H and O–H groups in total. The average molecular weight is 318 g/mol. The average Bonchev–Trinajstić information content (AvgIpc) is 2.51. The zero-order chi connectivity index (χ0) is 16.7. The third kappa shape index (κ3) is 4.12. The Hall–Kier alpha value is -1.84. The van der Waals surface area contributed by atoms with Gasteiger partial charge in [0.1, 0.15) is 0 Å². The highest BCUT2D eigenvalue weighted by Crippen LogP contribution is 2.41. The molecule has 0 saturated heterocycles. The molecule has 0 spiro atoms. The van der Waals surface area contributed by atoms with E-state index in [1.807, 2.05) is 30.3 Å². The van der Waals surface area contributed by atoms with E-state index in [0.717, 1.165) is 24.8 Å². The van der Waals surface area contributed by atoms with Crippen molar-refractivity contribution in [3.63, 3.8) is 0 Å². The number of ether oxygens (including phenoxy) is 2. The zero-order valence-corrected chi connectivity index (χ0v) is 14.0. The summed E-state index contributed by atoms with van der Waals surface area (Å²) in [5.41, 5.74) is -0.272. The lowest BCUT2D eigenvalue weighted by Gasteiger charge is -2.36. The van der Waals surface area contributed by atoms with Crippen LogP contribution in [0.15, 0.2) is 30.3 Å². The van der Waals surface area contributed by atoms with Crippen LogP contribution in [0.3, 0.4) is 0 Å². The fraction of sp³-hybridized carbons (Fsp3) is 0.579. The first-order chi connectivity index (χ1) is 11.1. The van der Waals surface area contributed by atoms with Gasteiger partial charge in [-0.3, -0.25) is 9.59 Å². The van der Waals surface area contributed by atoms with Crippen molar-refractivity contribution in [1.29, 1.82) is 0 Å². The Kier molecular flexibility index (Phi) is 6.20. The summed E-state index contributed by atoms with van der Waals surface area (Å²) >= 11 is 0. The molecule has 0 amide bonds. The van der Waals surface area contributed by atoms with Crippen molar-refractivity contribution in [1.82, 2.24) is 0 Å². The summed E-state index contributed by atoms with van der Waals surface area (Å²) in [5, 5.41) is 0. The lowest BCUT2D eigenvalue weighted by molar-refractivity contribution is -0.174. The summed E-state index contributed by atoms with van der Waals surface area (Å²) in [5.74, 6) is -0.504. The largest absolute Gasteiger partial charge is 0.465 e. The molecule has 0 radical (unpaired) electrons. The SMILES string of the molecule is CCOC(=O)C(Cc1ccccc1)(CC1CCC1)C(=O)OCC. The first kappa shape index (κ1) is 17.5. The van der Waals surface area contributed by atoms with Crippen LogP contribution >= 0.6 is 0 Å². The molecule has 1 aromatic rings. The lowest BCUT2D eigenvalue weighted by Crippen LogP contribution is -2.46. The van der Waals surface area contributed by atoms with Crippen molar-refractivity contribution in [2.24, 2.45) is 11.3 Å². The normalized spacial score (nSPS) is 14.9. The molecule has 1 aliphatic carbocycles. The van der Waals surface area contributed by atoms with Gasteiger partial charge in [0.05, 0.1) is 13.2 Å². The van der Waals surface area contributed by atoms with Gasteiger partial charge in [-0.1, -0.05) is 49.6 Å². The van der Waals surface area contributed by atoms with Gasteiger partial charge in [0.2, 0.25) is 0 Å². The van der Waals surface area contributed by atoms with Crippen LogP contribution in [0.4, 0.5) is 0 Å². The van der Waals surface area contributed by atoms with E-state index in [0.29, 0.717) is 18.8 Å². The molecule has 0 atom stereocenters. The molecule has 1 fully saturated rings. The smallest absolute Gasteiger partial charge is 0.323 e. The molecule has 2 rings (SSSR count). The highest BCUT2D eigenvalue weighted by molar-refractivity contribution is 6.00. The number of hydrogen-bond donors (Lipinski definition) is 0. The first-order valence-electron chi connectivity index (χ1n) is 8.50. The van der Waals surface area contributed by atoms with E-state index in [2.05, 4.69) is 0 Å². The number of rotatable bonds is 8. The summed E-state index contributed by atoms with van der Waals surface area (Å²) in [6, 6.07) is 9.63. The van der Waals surface area contributed by atoms with E-state index in [-0.39, 0.29) is 13.2 Å². The van der Waals surface area contributed by atoms with E-state index in [9.17, 15) is 9.59 Å². The lowest BCUT2D eigenvalue weighted by atomic mass is 9.69. The minimum Gasteiger partial charge on any atom is -0.465 e. The monoisotopic (exact) mass is 318 g/mol. The summed E-state index contributed by atoms with van der Waals surface area (Å²) in [7, 11) is 0. The van der Waals surface area contributed by atoms with E-state index < -0.39 is 17.4 Å². The Morgan fingerprint density at radius 3 is 2.04 bits per heavy atom. The van der Waals surface area contributed by atoms with Crippen LogP contribution in [0.5, 0.6) is 0 Å². The predicted molar refractivity (Wildman–Crippen MR) is 87.8 cm³/mol. The molecule has 4 nitrogen and oxygen atoms in total. The Bertz CT molecular complexity index is 501. The first-order valence-corrected chi connectivity index (χ1v) is 8.50. The van der Waals surface area contributed by atoms with Crippen molar-refractivity contribution < 1.29 is 19.1 Å². The summed E-state index contributed by atoms with van der Waals surface area (Å²) in [4.78, 5) is 25.5. The van der Waals surface area contributed by atoms with Crippen molar-refractivity contribution in [3.05, 3.63) is 35.9 Å². The summed E-state index contributed by atoms with van der Waals surface area (Å²) in [6.45, 7) is 4.05. The molecule has 0 aliphatic heterocycles. The number of benzene rings is 1. The summed E-state index contributed by atoms with van der Waals surface area (Å²) < 4.78 is 10.6. The quantitative estimate of drug-likeness (QED) is 0.543. The Morgan fingerprint density at radius 1 is 1.04 bits per heavy atom. The zero-order valence-electron chi connectivity index (χ0n) is 14.0. The van der Waals surface area contributed by atoms with Gasteiger partial charge in [0, 0.05) is 0 Å².